The molecule has 0 radical (unpaired) electrons. The van der Waals surface area contributed by atoms with Crippen LogP contribution in [0.1, 0.15) is 11.8 Å². The van der Waals surface area contributed by atoms with Crippen LogP contribution in [-0.4, -0.2) is 68.7 Å². The largest absolute Gasteiger partial charge is 0.387 e. The zero-order valence-electron chi connectivity index (χ0n) is 15.5. The maximum atomic E-state index is 12.0. The van der Waals surface area contributed by atoms with E-state index in [1.54, 1.807) is 6.20 Å². The Morgan fingerprint density at radius 1 is 1.20 bits per heavy atom. The van der Waals surface area contributed by atoms with Crippen LogP contribution in [-0.2, 0) is 10.5 Å². The number of nitrogens with two attached hydrogens (primary N) is 1. The van der Waals surface area contributed by atoms with Crippen molar-refractivity contribution < 1.29 is 14.9 Å². The number of thioether (sulfide) groups is 1. The van der Waals surface area contributed by atoms with E-state index in [-0.39, 0.29) is 11.4 Å². The number of imidazole rings is 1. The molecule has 1 aliphatic rings. The number of fused-ring (bicyclic) bond motifs is 2. The molecule has 0 aliphatic carbocycles. The number of anilines is 1. The Bertz CT molecular complexity index is 1270. The predicted octanol–water partition coefficient (Wildman–Crippen LogP) is -0.474. The Kier molecular flexibility index (Phi) is 4.66. The van der Waals surface area contributed by atoms with E-state index in [1.807, 2.05) is 0 Å². The number of nitrogens with one attached hydrogen (secondary N) is 2. The van der Waals surface area contributed by atoms with Gasteiger partial charge in [-0.3, -0.25) is 9.36 Å². The minimum absolute atomic E-state index is 0.210. The lowest BCUT2D eigenvalue weighted by Crippen LogP contribution is -2.32. The Morgan fingerprint density at radius 2 is 2.07 bits per heavy atom. The van der Waals surface area contributed by atoms with Crippen LogP contribution in [0.25, 0.3) is 22.2 Å². The average Bonchev–Trinajstić information content (AvgIpc) is 3.42. The molecule has 30 heavy (non-hydrogen) atoms. The summed E-state index contributed by atoms with van der Waals surface area (Å²) >= 11 is 1.48. The van der Waals surface area contributed by atoms with Crippen molar-refractivity contribution in [2.45, 2.75) is 30.3 Å². The number of hydrogen-bond acceptors (Lipinski definition) is 10. The molecule has 1 fully saturated rings. The molecular weight excluding hydrogens is 412 g/mol. The molecule has 12 nitrogen and oxygen atoms in total. The molecule has 0 spiro atoms. The highest BCUT2D eigenvalue weighted by atomic mass is 32.2. The summed E-state index contributed by atoms with van der Waals surface area (Å²) in [5, 5.41) is 21.5. The number of hydrogen-bond donors (Lipinski definition) is 5. The highest BCUT2D eigenvalue weighted by Gasteiger charge is 2.44. The van der Waals surface area contributed by atoms with Gasteiger partial charge in [-0.2, -0.15) is 11.8 Å². The van der Waals surface area contributed by atoms with Crippen LogP contribution in [0.4, 0.5) is 5.82 Å². The van der Waals surface area contributed by atoms with Crippen molar-refractivity contribution in [2.24, 2.45) is 0 Å². The van der Waals surface area contributed by atoms with Crippen LogP contribution in [0.2, 0.25) is 0 Å². The minimum atomic E-state index is -1.16. The van der Waals surface area contributed by atoms with Crippen molar-refractivity contribution in [2.75, 3.05) is 11.5 Å². The molecule has 0 saturated carbocycles. The van der Waals surface area contributed by atoms with Gasteiger partial charge in [0.1, 0.15) is 29.7 Å². The fourth-order valence-electron chi connectivity index (χ4n) is 3.59. The normalized spacial score (nSPS) is 24.2. The molecule has 6 N–H and O–H groups in total. The standard InChI is InChI=1S/C17H18N8O4S/c18-13-10-15(22-4-20-13)25(6-24-10)17-12(27)11(26)8(29-17)3-30-2-7-1-19-14-9(7)16(28)23-5-21-14/h1,4-6,8,11-12,17,26-27H,2-3H2,(H2,18,20,22)(H2,19,21,23,28)/t8-,11-,12-,17-/m1/s1. The van der Waals surface area contributed by atoms with E-state index in [9.17, 15) is 15.0 Å². The third-order valence-corrected chi connectivity index (χ3v) is 6.17. The smallest absolute Gasteiger partial charge is 0.260 e. The number of ether oxygens (including phenoxy) is 1. The molecule has 0 amide bonds. The number of aromatic nitrogens is 7. The molecule has 4 aromatic rings. The van der Waals surface area contributed by atoms with E-state index in [1.165, 1.54) is 35.3 Å². The SMILES string of the molecule is Nc1ncnc2c1ncn2[C@@H]1O[C@H](CSCc2c[nH]c3nc[nH]c(=O)c23)[C@@H](O)[C@H]1O. The van der Waals surface area contributed by atoms with Gasteiger partial charge in [-0.15, -0.1) is 0 Å². The van der Waals surface area contributed by atoms with Gasteiger partial charge in [0.05, 0.1) is 24.1 Å². The summed E-state index contributed by atoms with van der Waals surface area (Å²) < 4.78 is 7.46. The zero-order chi connectivity index (χ0) is 20.8. The van der Waals surface area contributed by atoms with Crippen LogP contribution >= 0.6 is 11.8 Å². The lowest BCUT2D eigenvalue weighted by Gasteiger charge is -2.16. The van der Waals surface area contributed by atoms with Crippen molar-refractivity contribution >= 4 is 39.8 Å². The Labute approximate surface area is 172 Å². The molecule has 13 heteroatoms. The van der Waals surface area contributed by atoms with E-state index in [0.717, 1.165) is 5.56 Å². The van der Waals surface area contributed by atoms with Gasteiger partial charge in [-0.05, 0) is 5.56 Å². The molecule has 1 aliphatic heterocycles. The molecule has 156 valence electrons. The first-order chi connectivity index (χ1) is 14.5. The number of rotatable bonds is 5. The number of aliphatic hydroxyl groups is 2. The molecule has 4 aromatic heterocycles. The number of nitrogen functional groups attached to an aromatic ring is 1. The van der Waals surface area contributed by atoms with Crippen molar-refractivity contribution in [1.29, 1.82) is 0 Å². The van der Waals surface area contributed by atoms with Gasteiger partial charge in [-0.25, -0.2) is 19.9 Å². The number of nitrogens with zero attached hydrogens (tertiary/aromatic N) is 5. The van der Waals surface area contributed by atoms with Gasteiger partial charge in [-0.1, -0.05) is 0 Å². The van der Waals surface area contributed by atoms with Crippen molar-refractivity contribution in [3.05, 3.63) is 41.1 Å². The first-order valence-electron chi connectivity index (χ1n) is 9.10. The summed E-state index contributed by atoms with van der Waals surface area (Å²) in [5.41, 5.74) is 7.74. The third-order valence-electron chi connectivity index (χ3n) is 5.10. The minimum Gasteiger partial charge on any atom is -0.387 e. The first kappa shape index (κ1) is 19.0. The molecule has 5 heterocycles. The molecule has 5 rings (SSSR count). The quantitative estimate of drug-likeness (QED) is 0.277. The summed E-state index contributed by atoms with van der Waals surface area (Å²) in [6, 6.07) is 0. The monoisotopic (exact) mass is 430 g/mol. The van der Waals surface area contributed by atoms with E-state index >= 15 is 0 Å². The first-order valence-corrected chi connectivity index (χ1v) is 10.3. The van der Waals surface area contributed by atoms with Gasteiger partial charge in [0.25, 0.3) is 5.56 Å². The Hall–Kier alpha value is -3.00. The van der Waals surface area contributed by atoms with E-state index < -0.39 is 24.5 Å². The van der Waals surface area contributed by atoms with Gasteiger partial charge in [0, 0.05) is 17.7 Å². The van der Waals surface area contributed by atoms with Crippen molar-refractivity contribution in [3.63, 3.8) is 0 Å². The number of aliphatic hydroxyl groups excluding tert-OH is 2. The molecule has 4 atom stereocenters. The van der Waals surface area contributed by atoms with E-state index in [0.29, 0.717) is 33.7 Å². The van der Waals surface area contributed by atoms with Gasteiger partial charge in [0.15, 0.2) is 17.7 Å². The summed E-state index contributed by atoms with van der Waals surface area (Å²) in [4.78, 5) is 33.9. The second kappa shape index (κ2) is 7.36. The molecular formula is C17H18N8O4S. The van der Waals surface area contributed by atoms with E-state index in [4.69, 9.17) is 10.5 Å². The maximum Gasteiger partial charge on any atom is 0.260 e. The fraction of sp³-hybridized carbons (Fsp3) is 0.353. The lowest BCUT2D eigenvalue weighted by molar-refractivity contribution is -0.0289. The maximum absolute atomic E-state index is 12.0. The highest BCUT2D eigenvalue weighted by molar-refractivity contribution is 7.98. The van der Waals surface area contributed by atoms with Crippen LogP contribution in [0.5, 0.6) is 0 Å². The predicted molar refractivity (Wildman–Crippen MR) is 109 cm³/mol. The van der Waals surface area contributed by atoms with Gasteiger partial charge >= 0.3 is 0 Å². The molecule has 0 unspecified atom stereocenters. The second-order valence-electron chi connectivity index (χ2n) is 6.91. The average molecular weight is 430 g/mol. The van der Waals surface area contributed by atoms with Crippen molar-refractivity contribution in [1.82, 2.24) is 34.5 Å². The topological polar surface area (TPSA) is 181 Å². The van der Waals surface area contributed by atoms with Gasteiger partial charge < -0.3 is 30.7 Å². The van der Waals surface area contributed by atoms with E-state index in [2.05, 4.69) is 29.9 Å². The number of aromatic amines is 2. The lowest BCUT2D eigenvalue weighted by atomic mass is 10.1. The van der Waals surface area contributed by atoms with Crippen LogP contribution in [0, 0.1) is 0 Å². The highest BCUT2D eigenvalue weighted by Crippen LogP contribution is 2.34. The second-order valence-corrected chi connectivity index (χ2v) is 7.94. The number of H-pyrrole nitrogens is 2. The van der Waals surface area contributed by atoms with Gasteiger partial charge in [0.2, 0.25) is 0 Å². The van der Waals surface area contributed by atoms with Crippen LogP contribution < -0.4 is 11.3 Å². The molecule has 1 saturated heterocycles. The summed E-state index contributed by atoms with van der Waals surface area (Å²) in [5.74, 6) is 1.14. The Morgan fingerprint density at radius 3 is 2.93 bits per heavy atom. The summed E-state index contributed by atoms with van der Waals surface area (Å²) in [6.45, 7) is 0. The summed E-state index contributed by atoms with van der Waals surface area (Å²) in [6.07, 6.45) is 2.12. The summed E-state index contributed by atoms with van der Waals surface area (Å²) in [7, 11) is 0. The third kappa shape index (κ3) is 3.02. The Balaban J connectivity index is 1.30. The van der Waals surface area contributed by atoms with Crippen LogP contribution in [0.3, 0.4) is 0 Å². The van der Waals surface area contributed by atoms with Crippen LogP contribution in [0.15, 0.2) is 30.0 Å². The fourth-order valence-corrected chi connectivity index (χ4v) is 4.66. The molecule has 0 bridgehead atoms. The molecule has 0 aromatic carbocycles. The van der Waals surface area contributed by atoms with Crippen molar-refractivity contribution in [3.8, 4) is 0 Å². The zero-order valence-corrected chi connectivity index (χ0v) is 16.3.